The first-order valence-electron chi connectivity index (χ1n) is 5.70. The standard InChI is InChI=1S/C13H11N3O2/c1-2-18-13(17)16-9-5-3-7-14-11(9)12-10(16)6-4-8-15-12/h3-8H,2H2,1H3. The van der Waals surface area contributed by atoms with Crippen LogP contribution in [0.2, 0.25) is 0 Å². The largest absolute Gasteiger partial charge is 0.449 e. The summed E-state index contributed by atoms with van der Waals surface area (Å²) < 4.78 is 6.58. The summed E-state index contributed by atoms with van der Waals surface area (Å²) in [6.07, 6.45) is 2.97. The van der Waals surface area contributed by atoms with Crippen molar-refractivity contribution < 1.29 is 9.53 Å². The minimum atomic E-state index is -0.404. The summed E-state index contributed by atoms with van der Waals surface area (Å²) in [4.78, 5) is 20.6. The number of nitrogens with zero attached hydrogens (tertiary/aromatic N) is 3. The van der Waals surface area contributed by atoms with Gasteiger partial charge in [0.2, 0.25) is 0 Å². The van der Waals surface area contributed by atoms with Gasteiger partial charge in [-0.25, -0.2) is 9.36 Å². The molecule has 3 aromatic heterocycles. The van der Waals surface area contributed by atoms with Gasteiger partial charge in [0.15, 0.2) is 0 Å². The summed E-state index contributed by atoms with van der Waals surface area (Å²) >= 11 is 0. The van der Waals surface area contributed by atoms with E-state index < -0.39 is 6.09 Å². The Hall–Kier alpha value is -2.43. The Morgan fingerprint density at radius 1 is 1.17 bits per heavy atom. The van der Waals surface area contributed by atoms with Crippen LogP contribution in [0.4, 0.5) is 4.79 Å². The Morgan fingerprint density at radius 3 is 2.22 bits per heavy atom. The lowest BCUT2D eigenvalue weighted by Gasteiger charge is -2.04. The Kier molecular flexibility index (Phi) is 2.44. The lowest BCUT2D eigenvalue weighted by atomic mass is 10.3. The maximum atomic E-state index is 12.0. The molecule has 90 valence electrons. The van der Waals surface area contributed by atoms with Crippen molar-refractivity contribution in [2.45, 2.75) is 6.92 Å². The SMILES string of the molecule is CCOC(=O)n1c2cccnc2c2ncccc21. The number of aromatic nitrogens is 3. The molecule has 0 N–H and O–H groups in total. The van der Waals surface area contributed by atoms with Gasteiger partial charge in [-0.2, -0.15) is 0 Å². The Bertz CT molecular complexity index is 680. The van der Waals surface area contributed by atoms with Crippen molar-refractivity contribution in [3.63, 3.8) is 0 Å². The summed E-state index contributed by atoms with van der Waals surface area (Å²) in [5.74, 6) is 0. The quantitative estimate of drug-likeness (QED) is 0.657. The molecule has 0 saturated carbocycles. The number of fused-ring (bicyclic) bond motifs is 3. The molecule has 3 rings (SSSR count). The number of hydrogen-bond acceptors (Lipinski definition) is 4. The highest BCUT2D eigenvalue weighted by Gasteiger charge is 2.17. The summed E-state index contributed by atoms with van der Waals surface area (Å²) in [6, 6.07) is 7.25. The minimum Gasteiger partial charge on any atom is -0.449 e. The van der Waals surface area contributed by atoms with Crippen LogP contribution >= 0.6 is 0 Å². The topological polar surface area (TPSA) is 57.0 Å². The molecule has 0 unspecified atom stereocenters. The first kappa shape index (κ1) is 10.7. The fraction of sp³-hybridized carbons (Fsp3) is 0.154. The lowest BCUT2D eigenvalue weighted by molar-refractivity contribution is 0.156. The fourth-order valence-electron chi connectivity index (χ4n) is 2.03. The van der Waals surface area contributed by atoms with E-state index in [9.17, 15) is 4.79 Å². The number of pyridine rings is 2. The highest BCUT2D eigenvalue weighted by atomic mass is 16.5. The molecular weight excluding hydrogens is 230 g/mol. The van der Waals surface area contributed by atoms with E-state index in [2.05, 4.69) is 9.97 Å². The van der Waals surface area contributed by atoms with E-state index in [0.29, 0.717) is 28.7 Å². The van der Waals surface area contributed by atoms with E-state index in [1.807, 2.05) is 12.1 Å². The summed E-state index contributed by atoms with van der Waals surface area (Å²) in [7, 11) is 0. The molecule has 0 atom stereocenters. The van der Waals surface area contributed by atoms with E-state index in [1.54, 1.807) is 31.5 Å². The lowest BCUT2D eigenvalue weighted by Crippen LogP contribution is -2.13. The van der Waals surface area contributed by atoms with Crippen molar-refractivity contribution in [3.8, 4) is 0 Å². The third-order valence-electron chi connectivity index (χ3n) is 2.73. The average molecular weight is 241 g/mol. The van der Waals surface area contributed by atoms with E-state index in [4.69, 9.17) is 4.74 Å². The van der Waals surface area contributed by atoms with E-state index in [-0.39, 0.29) is 0 Å². The van der Waals surface area contributed by atoms with Crippen LogP contribution in [0.3, 0.4) is 0 Å². The molecule has 0 aromatic carbocycles. The average Bonchev–Trinajstić information content (AvgIpc) is 2.73. The van der Waals surface area contributed by atoms with Crippen molar-refractivity contribution >= 4 is 28.2 Å². The first-order valence-corrected chi connectivity index (χ1v) is 5.70. The van der Waals surface area contributed by atoms with Crippen LogP contribution in [0.25, 0.3) is 22.1 Å². The van der Waals surface area contributed by atoms with Gasteiger partial charge in [-0.1, -0.05) is 0 Å². The summed E-state index contributed by atoms with van der Waals surface area (Å²) in [6.45, 7) is 2.11. The van der Waals surface area contributed by atoms with Crippen LogP contribution in [0.1, 0.15) is 6.92 Å². The van der Waals surface area contributed by atoms with E-state index in [0.717, 1.165) is 0 Å². The molecule has 0 aliphatic heterocycles. The second-order valence-electron chi connectivity index (χ2n) is 3.78. The maximum absolute atomic E-state index is 12.0. The van der Waals surface area contributed by atoms with Crippen LogP contribution in [0.15, 0.2) is 36.7 Å². The van der Waals surface area contributed by atoms with Crippen LogP contribution in [0, 0.1) is 0 Å². The monoisotopic (exact) mass is 241 g/mol. The molecular formula is C13H11N3O2. The fourth-order valence-corrected chi connectivity index (χ4v) is 2.03. The molecule has 0 bridgehead atoms. The third kappa shape index (κ3) is 1.44. The second-order valence-corrected chi connectivity index (χ2v) is 3.78. The van der Waals surface area contributed by atoms with Crippen LogP contribution in [-0.2, 0) is 4.74 Å². The molecule has 0 amide bonds. The number of rotatable bonds is 1. The van der Waals surface area contributed by atoms with Crippen molar-refractivity contribution in [3.05, 3.63) is 36.7 Å². The van der Waals surface area contributed by atoms with E-state index in [1.165, 1.54) is 4.57 Å². The van der Waals surface area contributed by atoms with Crippen LogP contribution in [-0.4, -0.2) is 27.2 Å². The molecule has 18 heavy (non-hydrogen) atoms. The zero-order valence-electron chi connectivity index (χ0n) is 9.83. The van der Waals surface area contributed by atoms with Crippen LogP contribution < -0.4 is 0 Å². The molecule has 3 heterocycles. The first-order chi connectivity index (χ1) is 8.83. The predicted molar refractivity (Wildman–Crippen MR) is 67.5 cm³/mol. The molecule has 0 aliphatic carbocycles. The van der Waals surface area contributed by atoms with Gasteiger partial charge >= 0.3 is 6.09 Å². The van der Waals surface area contributed by atoms with Gasteiger partial charge in [0.25, 0.3) is 0 Å². The molecule has 0 spiro atoms. The van der Waals surface area contributed by atoms with Crippen molar-refractivity contribution in [2.75, 3.05) is 6.61 Å². The molecule has 0 aliphatic rings. The zero-order valence-corrected chi connectivity index (χ0v) is 9.83. The van der Waals surface area contributed by atoms with Crippen LogP contribution in [0.5, 0.6) is 0 Å². The number of ether oxygens (including phenoxy) is 1. The van der Waals surface area contributed by atoms with Crippen molar-refractivity contribution in [2.24, 2.45) is 0 Å². The highest BCUT2D eigenvalue weighted by Crippen LogP contribution is 2.25. The summed E-state index contributed by atoms with van der Waals surface area (Å²) in [5, 5.41) is 0. The Balaban J connectivity index is 2.41. The molecule has 5 nitrogen and oxygen atoms in total. The maximum Gasteiger partial charge on any atom is 0.419 e. The highest BCUT2D eigenvalue weighted by molar-refractivity contribution is 6.08. The molecule has 0 radical (unpaired) electrons. The van der Waals surface area contributed by atoms with Crippen molar-refractivity contribution in [1.29, 1.82) is 0 Å². The minimum absolute atomic E-state index is 0.334. The van der Waals surface area contributed by atoms with Gasteiger partial charge in [0.05, 0.1) is 17.6 Å². The number of carbonyl (C=O) groups is 1. The molecule has 0 fully saturated rings. The van der Waals surface area contributed by atoms with Gasteiger partial charge < -0.3 is 4.74 Å². The smallest absolute Gasteiger partial charge is 0.419 e. The molecule has 0 saturated heterocycles. The predicted octanol–water partition coefficient (Wildman–Crippen LogP) is 2.59. The number of hydrogen-bond donors (Lipinski definition) is 0. The molecule has 5 heteroatoms. The van der Waals surface area contributed by atoms with Gasteiger partial charge in [-0.15, -0.1) is 0 Å². The normalized spacial score (nSPS) is 10.9. The Morgan fingerprint density at radius 2 is 1.72 bits per heavy atom. The van der Waals surface area contributed by atoms with Gasteiger partial charge in [-0.05, 0) is 31.2 Å². The Labute approximate surface area is 103 Å². The van der Waals surface area contributed by atoms with Crippen molar-refractivity contribution in [1.82, 2.24) is 14.5 Å². The van der Waals surface area contributed by atoms with Gasteiger partial charge in [0, 0.05) is 12.4 Å². The summed E-state index contributed by atoms with van der Waals surface area (Å²) in [5.41, 5.74) is 2.84. The third-order valence-corrected chi connectivity index (χ3v) is 2.73. The zero-order chi connectivity index (χ0) is 12.5. The molecule has 3 aromatic rings. The van der Waals surface area contributed by atoms with Gasteiger partial charge in [-0.3, -0.25) is 9.97 Å². The van der Waals surface area contributed by atoms with Gasteiger partial charge in [0.1, 0.15) is 11.0 Å². The second kappa shape index (κ2) is 4.10. The van der Waals surface area contributed by atoms with E-state index >= 15 is 0 Å². The number of carbonyl (C=O) groups excluding carboxylic acids is 1.